The lowest BCUT2D eigenvalue weighted by molar-refractivity contribution is 0.0661. The largest absolute Gasteiger partial charge is 0.477 e. The van der Waals surface area contributed by atoms with Gasteiger partial charge in [0, 0.05) is 20.3 Å². The van der Waals surface area contributed by atoms with Crippen molar-refractivity contribution in [3.05, 3.63) is 17.5 Å². The summed E-state index contributed by atoms with van der Waals surface area (Å²) in [7, 11) is 1.66. The predicted molar refractivity (Wildman–Crippen MR) is 57.4 cm³/mol. The molecular formula is C11H16N2O3. The molecule has 0 amide bonds. The van der Waals surface area contributed by atoms with Gasteiger partial charge in [0.1, 0.15) is 5.69 Å². The molecule has 0 bridgehead atoms. The Kier molecular flexibility index (Phi) is 3.24. The van der Waals surface area contributed by atoms with Crippen LogP contribution in [0.4, 0.5) is 0 Å². The molecule has 0 atom stereocenters. The summed E-state index contributed by atoms with van der Waals surface area (Å²) in [6, 6.07) is 1.66. The third kappa shape index (κ3) is 2.41. The Morgan fingerprint density at radius 3 is 2.88 bits per heavy atom. The van der Waals surface area contributed by atoms with E-state index in [-0.39, 0.29) is 5.69 Å². The summed E-state index contributed by atoms with van der Waals surface area (Å²) in [6.45, 7) is 1.62. The molecule has 1 saturated heterocycles. The minimum atomic E-state index is -0.923. The molecule has 0 unspecified atom stereocenters. The highest BCUT2D eigenvalue weighted by Crippen LogP contribution is 2.19. The van der Waals surface area contributed by atoms with Gasteiger partial charge in [0.25, 0.3) is 0 Å². The predicted octanol–water partition coefficient (Wildman–Crippen LogP) is 1.09. The first kappa shape index (κ1) is 11.1. The standard InChI is InChI=1S/C11H16N2O3/c1-13-10(11(14)15)7-9(12-13)6-8-2-4-16-5-3-8/h7-8H,2-6H2,1H3,(H,14,15). The van der Waals surface area contributed by atoms with E-state index in [0.717, 1.165) is 38.2 Å². The smallest absolute Gasteiger partial charge is 0.354 e. The molecule has 1 aliphatic rings. The molecule has 0 radical (unpaired) electrons. The number of carboxylic acid groups (broad SMARTS) is 1. The number of aryl methyl sites for hydroxylation is 1. The first-order valence-corrected chi connectivity index (χ1v) is 5.51. The Morgan fingerprint density at radius 1 is 1.62 bits per heavy atom. The van der Waals surface area contributed by atoms with Crippen molar-refractivity contribution in [1.29, 1.82) is 0 Å². The van der Waals surface area contributed by atoms with Crippen molar-refractivity contribution in [3.63, 3.8) is 0 Å². The zero-order valence-electron chi connectivity index (χ0n) is 9.35. The summed E-state index contributed by atoms with van der Waals surface area (Å²) >= 11 is 0. The summed E-state index contributed by atoms with van der Waals surface area (Å²) < 4.78 is 6.71. The maximum Gasteiger partial charge on any atom is 0.354 e. The summed E-state index contributed by atoms with van der Waals surface area (Å²) in [5.41, 5.74) is 1.12. The summed E-state index contributed by atoms with van der Waals surface area (Å²) in [5, 5.41) is 13.1. The van der Waals surface area contributed by atoms with Crippen LogP contribution in [0.15, 0.2) is 6.07 Å². The SMILES string of the molecule is Cn1nc(CC2CCOCC2)cc1C(=O)O. The average molecular weight is 224 g/mol. The lowest BCUT2D eigenvalue weighted by Gasteiger charge is -2.20. The Labute approximate surface area is 94.0 Å². The van der Waals surface area contributed by atoms with Crippen molar-refractivity contribution >= 4 is 5.97 Å². The van der Waals surface area contributed by atoms with Gasteiger partial charge in [0.2, 0.25) is 0 Å². The molecule has 0 saturated carbocycles. The van der Waals surface area contributed by atoms with E-state index < -0.39 is 5.97 Å². The molecule has 2 rings (SSSR count). The Balaban J connectivity index is 2.03. The van der Waals surface area contributed by atoms with Crippen LogP contribution in [0.5, 0.6) is 0 Å². The summed E-state index contributed by atoms with van der Waals surface area (Å²) in [5.74, 6) is -0.349. The van der Waals surface area contributed by atoms with Gasteiger partial charge in [-0.05, 0) is 31.2 Å². The van der Waals surface area contributed by atoms with Crippen LogP contribution in [-0.4, -0.2) is 34.1 Å². The average Bonchev–Trinajstić information content (AvgIpc) is 2.61. The molecular weight excluding hydrogens is 208 g/mol. The molecule has 88 valence electrons. The summed E-state index contributed by atoms with van der Waals surface area (Å²) in [6.07, 6.45) is 2.93. The van der Waals surface area contributed by atoms with E-state index in [1.54, 1.807) is 13.1 Å². The Hall–Kier alpha value is -1.36. The van der Waals surface area contributed by atoms with Crippen LogP contribution in [0.2, 0.25) is 0 Å². The number of carbonyl (C=O) groups is 1. The maximum absolute atomic E-state index is 10.8. The van der Waals surface area contributed by atoms with Crippen molar-refractivity contribution in [2.45, 2.75) is 19.3 Å². The van der Waals surface area contributed by atoms with Gasteiger partial charge in [-0.1, -0.05) is 0 Å². The molecule has 1 aromatic rings. The van der Waals surface area contributed by atoms with Crippen LogP contribution in [-0.2, 0) is 18.2 Å². The molecule has 1 aromatic heterocycles. The maximum atomic E-state index is 10.8. The third-order valence-corrected chi connectivity index (χ3v) is 2.99. The highest BCUT2D eigenvalue weighted by Gasteiger charge is 2.18. The van der Waals surface area contributed by atoms with Crippen LogP contribution >= 0.6 is 0 Å². The van der Waals surface area contributed by atoms with Crippen LogP contribution in [0, 0.1) is 5.92 Å². The highest BCUT2D eigenvalue weighted by molar-refractivity contribution is 5.85. The van der Waals surface area contributed by atoms with Gasteiger partial charge in [0.15, 0.2) is 0 Å². The fourth-order valence-electron chi connectivity index (χ4n) is 2.07. The lowest BCUT2D eigenvalue weighted by Crippen LogP contribution is -2.17. The van der Waals surface area contributed by atoms with Crippen LogP contribution in [0.3, 0.4) is 0 Å². The number of nitrogens with zero attached hydrogens (tertiary/aromatic N) is 2. The number of ether oxygens (including phenoxy) is 1. The molecule has 0 aliphatic carbocycles. The molecule has 5 nitrogen and oxygen atoms in total. The Morgan fingerprint density at radius 2 is 2.31 bits per heavy atom. The molecule has 1 fully saturated rings. The summed E-state index contributed by atoms with van der Waals surface area (Å²) in [4.78, 5) is 10.8. The van der Waals surface area contributed by atoms with Gasteiger partial charge >= 0.3 is 5.97 Å². The van der Waals surface area contributed by atoms with Crippen molar-refractivity contribution in [2.24, 2.45) is 13.0 Å². The quantitative estimate of drug-likeness (QED) is 0.834. The molecule has 2 heterocycles. The normalized spacial score (nSPS) is 17.6. The van der Waals surface area contributed by atoms with Gasteiger partial charge in [-0.3, -0.25) is 4.68 Å². The second-order valence-corrected chi connectivity index (χ2v) is 4.21. The van der Waals surface area contributed by atoms with Crippen molar-refractivity contribution in [3.8, 4) is 0 Å². The third-order valence-electron chi connectivity index (χ3n) is 2.99. The second-order valence-electron chi connectivity index (χ2n) is 4.21. The minimum absolute atomic E-state index is 0.252. The highest BCUT2D eigenvalue weighted by atomic mass is 16.5. The molecule has 16 heavy (non-hydrogen) atoms. The van der Waals surface area contributed by atoms with E-state index in [9.17, 15) is 4.79 Å². The van der Waals surface area contributed by atoms with E-state index in [2.05, 4.69) is 5.10 Å². The zero-order chi connectivity index (χ0) is 11.5. The first-order chi connectivity index (χ1) is 7.66. The van der Waals surface area contributed by atoms with E-state index in [4.69, 9.17) is 9.84 Å². The number of aromatic carboxylic acids is 1. The fourth-order valence-corrected chi connectivity index (χ4v) is 2.07. The topological polar surface area (TPSA) is 64.4 Å². The zero-order valence-corrected chi connectivity index (χ0v) is 9.35. The number of aromatic nitrogens is 2. The van der Waals surface area contributed by atoms with Crippen molar-refractivity contribution < 1.29 is 14.6 Å². The van der Waals surface area contributed by atoms with Gasteiger partial charge in [0.05, 0.1) is 5.69 Å². The second kappa shape index (κ2) is 4.65. The van der Waals surface area contributed by atoms with Gasteiger partial charge < -0.3 is 9.84 Å². The lowest BCUT2D eigenvalue weighted by atomic mass is 9.95. The van der Waals surface area contributed by atoms with Crippen molar-refractivity contribution in [1.82, 2.24) is 9.78 Å². The van der Waals surface area contributed by atoms with Crippen LogP contribution in [0.25, 0.3) is 0 Å². The fraction of sp³-hybridized carbons (Fsp3) is 0.636. The number of hydrogen-bond acceptors (Lipinski definition) is 3. The van der Waals surface area contributed by atoms with Crippen molar-refractivity contribution in [2.75, 3.05) is 13.2 Å². The van der Waals surface area contributed by atoms with E-state index in [1.807, 2.05) is 0 Å². The molecule has 0 spiro atoms. The van der Waals surface area contributed by atoms with Crippen LogP contribution in [0.1, 0.15) is 29.0 Å². The number of rotatable bonds is 3. The molecule has 0 aromatic carbocycles. The van der Waals surface area contributed by atoms with Crippen LogP contribution < -0.4 is 0 Å². The molecule has 1 aliphatic heterocycles. The number of carboxylic acids is 1. The number of hydrogen-bond donors (Lipinski definition) is 1. The van der Waals surface area contributed by atoms with Gasteiger partial charge in [-0.15, -0.1) is 0 Å². The van der Waals surface area contributed by atoms with E-state index >= 15 is 0 Å². The van der Waals surface area contributed by atoms with Gasteiger partial charge in [-0.25, -0.2) is 4.79 Å². The molecule has 1 N–H and O–H groups in total. The first-order valence-electron chi connectivity index (χ1n) is 5.51. The van der Waals surface area contributed by atoms with E-state index in [1.165, 1.54) is 4.68 Å². The monoisotopic (exact) mass is 224 g/mol. The van der Waals surface area contributed by atoms with Gasteiger partial charge in [-0.2, -0.15) is 5.10 Å². The minimum Gasteiger partial charge on any atom is -0.477 e. The van der Waals surface area contributed by atoms with E-state index in [0.29, 0.717) is 5.92 Å². The Bertz CT molecular complexity index is 381. The molecule has 5 heteroatoms.